The van der Waals surface area contributed by atoms with Crippen molar-refractivity contribution in [3.63, 3.8) is 0 Å². The zero-order valence-electron chi connectivity index (χ0n) is 14.5. The molecule has 3 heterocycles. The van der Waals surface area contributed by atoms with Crippen molar-refractivity contribution < 1.29 is 0 Å². The Kier molecular flexibility index (Phi) is 3.60. The molecule has 2 aromatic carbocycles. The Morgan fingerprint density at radius 3 is 2.33 bits per heavy atom. The van der Waals surface area contributed by atoms with Gasteiger partial charge in [0.05, 0.1) is 24.0 Å². The summed E-state index contributed by atoms with van der Waals surface area (Å²) in [5.41, 5.74) is 3.76. The van der Waals surface area contributed by atoms with Crippen LogP contribution < -0.4 is 5.56 Å². The molecule has 0 saturated carbocycles. The zero-order chi connectivity index (χ0) is 18.2. The highest BCUT2D eigenvalue weighted by molar-refractivity contribution is 6.02. The highest BCUT2D eigenvalue weighted by Gasteiger charge is 2.10. The second kappa shape index (κ2) is 6.25. The van der Waals surface area contributed by atoms with Crippen molar-refractivity contribution in [2.75, 3.05) is 0 Å². The smallest absolute Gasteiger partial charge is 0.259 e. The van der Waals surface area contributed by atoms with Gasteiger partial charge >= 0.3 is 0 Å². The lowest BCUT2D eigenvalue weighted by atomic mass is 10.1. The third kappa shape index (κ3) is 2.91. The molecule has 6 nitrogen and oxygen atoms in total. The maximum absolute atomic E-state index is 12.3. The van der Waals surface area contributed by atoms with E-state index in [1.54, 1.807) is 6.20 Å². The first kappa shape index (κ1) is 15.6. The highest BCUT2D eigenvalue weighted by Crippen LogP contribution is 2.19. The number of pyridine rings is 1. The summed E-state index contributed by atoms with van der Waals surface area (Å²) in [6.45, 7) is 1.37. The molecule has 0 atom stereocenters. The van der Waals surface area contributed by atoms with Gasteiger partial charge in [-0.3, -0.25) is 14.2 Å². The predicted octanol–water partition coefficient (Wildman–Crippen LogP) is 3.17. The predicted molar refractivity (Wildman–Crippen MR) is 105 cm³/mol. The monoisotopic (exact) mass is 355 g/mol. The normalized spacial score (nSPS) is 11.4. The molecule has 3 aromatic heterocycles. The second-order valence-corrected chi connectivity index (χ2v) is 6.61. The summed E-state index contributed by atoms with van der Waals surface area (Å²) in [6.07, 6.45) is 5.55. The second-order valence-electron chi connectivity index (χ2n) is 6.61. The van der Waals surface area contributed by atoms with Crippen LogP contribution in [0.5, 0.6) is 0 Å². The van der Waals surface area contributed by atoms with Crippen molar-refractivity contribution in [3.8, 4) is 0 Å². The Balaban J connectivity index is 1.45. The molecule has 0 aliphatic rings. The van der Waals surface area contributed by atoms with E-state index in [2.05, 4.69) is 39.4 Å². The van der Waals surface area contributed by atoms with Crippen LogP contribution in [0, 0.1) is 0 Å². The van der Waals surface area contributed by atoms with Gasteiger partial charge in [0.15, 0.2) is 0 Å². The van der Waals surface area contributed by atoms with Gasteiger partial charge in [0.1, 0.15) is 5.52 Å². The molecule has 0 aliphatic carbocycles. The number of hydrogen-bond donors (Lipinski definition) is 1. The maximum atomic E-state index is 12.3. The summed E-state index contributed by atoms with van der Waals surface area (Å²) in [5, 5.41) is 10.5. The Morgan fingerprint density at radius 2 is 1.59 bits per heavy atom. The third-order valence-electron chi connectivity index (χ3n) is 4.71. The molecule has 0 amide bonds. The van der Waals surface area contributed by atoms with Crippen LogP contribution in [0.25, 0.3) is 21.8 Å². The summed E-state index contributed by atoms with van der Waals surface area (Å²) < 4.78 is 3.72. The Hall–Kier alpha value is -3.67. The summed E-state index contributed by atoms with van der Waals surface area (Å²) in [7, 11) is 0. The van der Waals surface area contributed by atoms with Crippen LogP contribution >= 0.6 is 0 Å². The number of rotatable bonds is 4. The van der Waals surface area contributed by atoms with Crippen molar-refractivity contribution in [3.05, 3.63) is 94.7 Å². The number of benzene rings is 2. The number of aromatic amines is 1. The van der Waals surface area contributed by atoms with Gasteiger partial charge in [-0.25, -0.2) is 0 Å². The van der Waals surface area contributed by atoms with Gasteiger partial charge in [0.25, 0.3) is 5.56 Å². The van der Waals surface area contributed by atoms with Crippen LogP contribution in [-0.4, -0.2) is 24.5 Å². The quantitative estimate of drug-likeness (QED) is 0.538. The zero-order valence-corrected chi connectivity index (χ0v) is 14.5. The van der Waals surface area contributed by atoms with Gasteiger partial charge in [0.2, 0.25) is 0 Å². The largest absolute Gasteiger partial charge is 0.321 e. The average molecular weight is 355 g/mol. The first-order valence-corrected chi connectivity index (χ1v) is 8.80. The number of aromatic nitrogens is 5. The number of nitrogens with one attached hydrogen (secondary N) is 1. The molecule has 6 heteroatoms. The number of nitrogens with zero attached hydrogens (tertiary/aromatic N) is 4. The molecule has 27 heavy (non-hydrogen) atoms. The van der Waals surface area contributed by atoms with E-state index in [0.717, 1.165) is 28.5 Å². The van der Waals surface area contributed by atoms with Crippen LogP contribution in [-0.2, 0) is 13.1 Å². The van der Waals surface area contributed by atoms with E-state index in [1.165, 1.54) is 5.56 Å². The van der Waals surface area contributed by atoms with Gasteiger partial charge in [-0.05, 0) is 23.3 Å². The fourth-order valence-electron chi connectivity index (χ4n) is 3.37. The first-order valence-electron chi connectivity index (χ1n) is 8.80. The topological polar surface area (TPSA) is 68.5 Å². The molecule has 5 aromatic rings. The number of hydrogen-bond acceptors (Lipinski definition) is 3. The Morgan fingerprint density at radius 1 is 0.852 bits per heavy atom. The average Bonchev–Trinajstić information content (AvgIpc) is 3.34. The van der Waals surface area contributed by atoms with Gasteiger partial charge in [0, 0.05) is 24.0 Å². The van der Waals surface area contributed by atoms with Crippen molar-refractivity contribution in [1.29, 1.82) is 0 Å². The molecule has 0 aliphatic heterocycles. The lowest BCUT2D eigenvalue weighted by Crippen LogP contribution is -2.04. The Bertz CT molecular complexity index is 1280. The van der Waals surface area contributed by atoms with E-state index >= 15 is 0 Å². The molecule has 0 fully saturated rings. The minimum atomic E-state index is -0.107. The van der Waals surface area contributed by atoms with Gasteiger partial charge in [-0.2, -0.15) is 10.2 Å². The van der Waals surface area contributed by atoms with E-state index in [0.29, 0.717) is 11.9 Å². The molecular formula is C21H17N5O. The van der Waals surface area contributed by atoms with Gasteiger partial charge in [-0.15, -0.1) is 0 Å². The summed E-state index contributed by atoms with van der Waals surface area (Å²) in [4.78, 5) is 15.3. The Labute approximate surface area is 154 Å². The minimum Gasteiger partial charge on any atom is -0.321 e. The summed E-state index contributed by atoms with van der Waals surface area (Å²) in [6, 6.07) is 18.0. The fraction of sp³-hybridized carbons (Fsp3) is 0.0952. The molecular weight excluding hydrogens is 338 g/mol. The molecule has 1 N–H and O–H groups in total. The SMILES string of the molecule is O=c1[nH]c2ccccc2c2nn(Cc3ccc(Cn4cccn4)cc3)cc12. The van der Waals surface area contributed by atoms with Crippen molar-refractivity contribution in [2.45, 2.75) is 13.1 Å². The molecule has 0 unspecified atom stereocenters. The fourth-order valence-corrected chi connectivity index (χ4v) is 3.37. The molecule has 0 saturated heterocycles. The van der Waals surface area contributed by atoms with Crippen LogP contribution in [0.4, 0.5) is 0 Å². The van der Waals surface area contributed by atoms with E-state index in [9.17, 15) is 4.79 Å². The number of para-hydroxylation sites is 1. The van der Waals surface area contributed by atoms with E-state index in [4.69, 9.17) is 0 Å². The molecule has 132 valence electrons. The molecule has 0 bridgehead atoms. The van der Waals surface area contributed by atoms with Crippen molar-refractivity contribution in [1.82, 2.24) is 24.5 Å². The van der Waals surface area contributed by atoms with Crippen LogP contribution in [0.15, 0.2) is 78.0 Å². The maximum Gasteiger partial charge on any atom is 0.259 e. The number of H-pyrrole nitrogens is 1. The summed E-state index contributed by atoms with van der Waals surface area (Å²) in [5.74, 6) is 0. The van der Waals surface area contributed by atoms with Crippen LogP contribution in [0.2, 0.25) is 0 Å². The lowest BCUT2D eigenvalue weighted by Gasteiger charge is -2.05. The van der Waals surface area contributed by atoms with Crippen molar-refractivity contribution in [2.24, 2.45) is 0 Å². The number of fused-ring (bicyclic) bond motifs is 3. The standard InChI is InChI=1S/C21H17N5O/c27-21-18-14-26(24-20(18)17-4-1-2-5-19(17)23-21)13-16-8-6-15(7-9-16)12-25-11-3-10-22-25/h1-11,14H,12-13H2,(H,23,27). The van der Waals surface area contributed by atoms with E-state index in [-0.39, 0.29) is 5.56 Å². The van der Waals surface area contributed by atoms with Crippen LogP contribution in [0.1, 0.15) is 11.1 Å². The highest BCUT2D eigenvalue weighted by atomic mass is 16.1. The van der Waals surface area contributed by atoms with Gasteiger partial charge < -0.3 is 4.98 Å². The summed E-state index contributed by atoms with van der Waals surface area (Å²) >= 11 is 0. The van der Waals surface area contributed by atoms with E-state index < -0.39 is 0 Å². The minimum absolute atomic E-state index is 0.107. The van der Waals surface area contributed by atoms with Crippen molar-refractivity contribution >= 4 is 21.8 Å². The van der Waals surface area contributed by atoms with E-state index in [1.807, 2.05) is 52.1 Å². The lowest BCUT2D eigenvalue weighted by molar-refractivity contribution is 0.682. The molecule has 0 radical (unpaired) electrons. The van der Waals surface area contributed by atoms with Crippen LogP contribution in [0.3, 0.4) is 0 Å². The first-order chi connectivity index (χ1) is 13.3. The molecule has 5 rings (SSSR count). The van der Waals surface area contributed by atoms with Gasteiger partial charge in [-0.1, -0.05) is 42.5 Å². The third-order valence-corrected chi connectivity index (χ3v) is 4.71. The molecule has 0 spiro atoms.